The molecule has 0 aliphatic rings. The first-order valence-corrected chi connectivity index (χ1v) is 10.7. The largest absolute Gasteiger partial charge is 0.493 e. The molecule has 2 aromatic carbocycles. The maximum absolute atomic E-state index is 12.2. The van der Waals surface area contributed by atoms with Gasteiger partial charge in [0.15, 0.2) is 0 Å². The van der Waals surface area contributed by atoms with Crippen LogP contribution in [0.1, 0.15) is 31.1 Å². The molecule has 1 aromatic heterocycles. The van der Waals surface area contributed by atoms with Crippen molar-refractivity contribution < 1.29 is 23.5 Å². The highest BCUT2D eigenvalue weighted by atomic mass is 32.2. The highest BCUT2D eigenvalue weighted by Gasteiger charge is 2.15. The van der Waals surface area contributed by atoms with Crippen molar-refractivity contribution in [1.82, 2.24) is 10.2 Å². The Bertz CT molecular complexity index is 1030. The van der Waals surface area contributed by atoms with Gasteiger partial charge in [0.25, 0.3) is 11.1 Å². The van der Waals surface area contributed by atoms with Crippen molar-refractivity contribution in [3.8, 4) is 17.2 Å². The number of rotatable bonds is 9. The lowest BCUT2D eigenvalue weighted by atomic mass is 10.2. The molecular weight excluding hydrogens is 418 g/mol. The third kappa shape index (κ3) is 6.32. The zero-order chi connectivity index (χ0) is 22.2. The number of carbonyl (C=O) groups excluding carboxylic acids is 2. The maximum atomic E-state index is 12.2. The van der Waals surface area contributed by atoms with Gasteiger partial charge in [-0.25, -0.2) is 4.79 Å². The van der Waals surface area contributed by atoms with Crippen molar-refractivity contribution in [2.24, 2.45) is 0 Å². The summed E-state index contributed by atoms with van der Waals surface area (Å²) in [7, 11) is 0. The molecule has 1 heterocycles. The van der Waals surface area contributed by atoms with Crippen molar-refractivity contribution in [3.05, 3.63) is 54.1 Å². The van der Waals surface area contributed by atoms with E-state index in [1.807, 2.05) is 31.2 Å². The molecule has 31 heavy (non-hydrogen) atoms. The fraction of sp³-hybridized carbons (Fsp3) is 0.273. The predicted octanol–water partition coefficient (Wildman–Crippen LogP) is 4.43. The molecular formula is C22H23N3O5S. The average Bonchev–Trinajstić information content (AvgIpc) is 3.22. The SMILES string of the molecule is CCOc1ccccc1-c1nnc(SCC(=O)Nc2ccc(C(=O)OC(C)C)cc2)o1. The number of esters is 1. The van der Waals surface area contributed by atoms with Crippen LogP contribution < -0.4 is 10.1 Å². The number of nitrogens with zero attached hydrogens (tertiary/aromatic N) is 2. The Balaban J connectivity index is 1.54. The number of nitrogens with one attached hydrogen (secondary N) is 1. The van der Waals surface area contributed by atoms with Crippen LogP contribution in [0.15, 0.2) is 58.2 Å². The van der Waals surface area contributed by atoms with Crippen LogP contribution in [-0.2, 0) is 9.53 Å². The van der Waals surface area contributed by atoms with Gasteiger partial charge in [0.2, 0.25) is 5.91 Å². The van der Waals surface area contributed by atoms with Crippen LogP contribution in [-0.4, -0.2) is 40.5 Å². The van der Waals surface area contributed by atoms with Crippen molar-refractivity contribution in [3.63, 3.8) is 0 Å². The number of carbonyl (C=O) groups is 2. The number of ether oxygens (including phenoxy) is 2. The monoisotopic (exact) mass is 441 g/mol. The fourth-order valence-electron chi connectivity index (χ4n) is 2.60. The van der Waals surface area contributed by atoms with E-state index < -0.39 is 5.97 Å². The fourth-order valence-corrected chi connectivity index (χ4v) is 3.16. The summed E-state index contributed by atoms with van der Waals surface area (Å²) in [4.78, 5) is 24.1. The quantitative estimate of drug-likeness (QED) is 0.384. The summed E-state index contributed by atoms with van der Waals surface area (Å²) < 4.78 is 16.4. The second-order valence-corrected chi connectivity index (χ2v) is 7.60. The molecule has 9 heteroatoms. The van der Waals surface area contributed by atoms with Crippen LogP contribution in [0, 0.1) is 0 Å². The molecule has 0 radical (unpaired) electrons. The molecule has 0 bridgehead atoms. The van der Waals surface area contributed by atoms with E-state index in [1.165, 1.54) is 0 Å². The number of thioether (sulfide) groups is 1. The van der Waals surface area contributed by atoms with E-state index in [1.54, 1.807) is 38.1 Å². The van der Waals surface area contributed by atoms with Gasteiger partial charge in [-0.05, 0) is 57.2 Å². The third-order valence-corrected chi connectivity index (χ3v) is 4.72. The molecule has 0 fully saturated rings. The van der Waals surface area contributed by atoms with Crippen molar-refractivity contribution in [2.75, 3.05) is 17.7 Å². The molecule has 0 saturated carbocycles. The summed E-state index contributed by atoms with van der Waals surface area (Å²) >= 11 is 1.13. The van der Waals surface area contributed by atoms with Crippen LogP contribution in [0.2, 0.25) is 0 Å². The number of hydrogen-bond acceptors (Lipinski definition) is 8. The van der Waals surface area contributed by atoms with E-state index in [-0.39, 0.29) is 23.0 Å². The van der Waals surface area contributed by atoms with Gasteiger partial charge in [-0.1, -0.05) is 23.9 Å². The summed E-state index contributed by atoms with van der Waals surface area (Å²) in [6, 6.07) is 13.9. The molecule has 0 spiro atoms. The molecule has 8 nitrogen and oxygen atoms in total. The summed E-state index contributed by atoms with van der Waals surface area (Å²) in [6.07, 6.45) is -0.193. The highest BCUT2D eigenvalue weighted by molar-refractivity contribution is 7.99. The second-order valence-electron chi connectivity index (χ2n) is 6.67. The first-order valence-electron chi connectivity index (χ1n) is 9.75. The molecule has 0 aliphatic heterocycles. The molecule has 0 aliphatic carbocycles. The Kier molecular flexibility index (Phi) is 7.66. The first kappa shape index (κ1) is 22.4. The van der Waals surface area contributed by atoms with Gasteiger partial charge in [0.1, 0.15) is 5.75 Å². The van der Waals surface area contributed by atoms with Gasteiger partial charge in [-0.3, -0.25) is 4.79 Å². The lowest BCUT2D eigenvalue weighted by molar-refractivity contribution is -0.113. The van der Waals surface area contributed by atoms with Crippen LogP contribution in [0.25, 0.3) is 11.5 Å². The second kappa shape index (κ2) is 10.6. The Morgan fingerprint density at radius 1 is 1.10 bits per heavy atom. The van der Waals surface area contributed by atoms with Gasteiger partial charge in [0.05, 0.1) is 29.6 Å². The van der Waals surface area contributed by atoms with Crippen LogP contribution in [0.3, 0.4) is 0 Å². The molecule has 0 unspecified atom stereocenters. The van der Waals surface area contributed by atoms with E-state index in [0.717, 1.165) is 11.8 Å². The van der Waals surface area contributed by atoms with Gasteiger partial charge < -0.3 is 19.2 Å². The lowest BCUT2D eigenvalue weighted by Crippen LogP contribution is -2.14. The lowest BCUT2D eigenvalue weighted by Gasteiger charge is -2.08. The van der Waals surface area contributed by atoms with Gasteiger partial charge >= 0.3 is 5.97 Å². The summed E-state index contributed by atoms with van der Waals surface area (Å²) in [5.41, 5.74) is 1.69. The summed E-state index contributed by atoms with van der Waals surface area (Å²) in [5, 5.41) is 11.1. The van der Waals surface area contributed by atoms with E-state index in [2.05, 4.69) is 15.5 Å². The van der Waals surface area contributed by atoms with Gasteiger partial charge in [-0.2, -0.15) is 0 Å². The Hall–Kier alpha value is -3.33. The maximum Gasteiger partial charge on any atom is 0.338 e. The first-order chi connectivity index (χ1) is 15.0. The molecule has 1 N–H and O–H groups in total. The highest BCUT2D eigenvalue weighted by Crippen LogP contribution is 2.30. The number of anilines is 1. The Morgan fingerprint density at radius 2 is 1.84 bits per heavy atom. The molecule has 3 aromatic rings. The van der Waals surface area contributed by atoms with E-state index in [4.69, 9.17) is 13.9 Å². The molecule has 1 amide bonds. The summed E-state index contributed by atoms with van der Waals surface area (Å²) in [5.74, 6) is 0.435. The number of para-hydroxylation sites is 1. The summed E-state index contributed by atoms with van der Waals surface area (Å²) in [6.45, 7) is 5.99. The van der Waals surface area contributed by atoms with Crippen molar-refractivity contribution in [2.45, 2.75) is 32.1 Å². The van der Waals surface area contributed by atoms with E-state index in [0.29, 0.717) is 35.1 Å². The molecule has 3 rings (SSSR count). The number of amides is 1. The molecule has 0 saturated heterocycles. The minimum atomic E-state index is -0.401. The average molecular weight is 442 g/mol. The van der Waals surface area contributed by atoms with Gasteiger partial charge in [0, 0.05) is 5.69 Å². The topological polar surface area (TPSA) is 104 Å². The van der Waals surface area contributed by atoms with Crippen LogP contribution in [0.4, 0.5) is 5.69 Å². The predicted molar refractivity (Wildman–Crippen MR) is 117 cm³/mol. The number of benzene rings is 2. The molecule has 0 atom stereocenters. The van der Waals surface area contributed by atoms with Gasteiger partial charge in [-0.15, -0.1) is 10.2 Å². The normalized spacial score (nSPS) is 10.7. The molecule has 162 valence electrons. The van der Waals surface area contributed by atoms with Crippen molar-refractivity contribution >= 4 is 29.3 Å². The van der Waals surface area contributed by atoms with Crippen molar-refractivity contribution in [1.29, 1.82) is 0 Å². The van der Waals surface area contributed by atoms with E-state index in [9.17, 15) is 9.59 Å². The van der Waals surface area contributed by atoms with Crippen LogP contribution in [0.5, 0.6) is 5.75 Å². The Labute approximate surface area is 184 Å². The van der Waals surface area contributed by atoms with Crippen LogP contribution >= 0.6 is 11.8 Å². The third-order valence-electron chi connectivity index (χ3n) is 3.90. The number of aromatic nitrogens is 2. The smallest absolute Gasteiger partial charge is 0.338 e. The zero-order valence-electron chi connectivity index (χ0n) is 17.5. The van der Waals surface area contributed by atoms with E-state index >= 15 is 0 Å². The zero-order valence-corrected chi connectivity index (χ0v) is 18.3. The standard InChI is InChI=1S/C22H23N3O5S/c1-4-28-18-8-6-5-7-17(18)20-24-25-22(30-20)31-13-19(26)23-16-11-9-15(10-12-16)21(27)29-14(2)3/h5-12,14H,4,13H2,1-3H3,(H,23,26). The number of hydrogen-bond donors (Lipinski definition) is 1. The minimum absolute atomic E-state index is 0.0892. The minimum Gasteiger partial charge on any atom is -0.493 e. The Morgan fingerprint density at radius 3 is 2.55 bits per heavy atom.